The second-order valence-electron chi connectivity index (χ2n) is 7.15. The second kappa shape index (κ2) is 8.24. The lowest BCUT2D eigenvalue weighted by atomic mass is 9.78. The smallest absolute Gasteiger partial charge is 0.233 e. The van der Waals surface area contributed by atoms with Crippen LogP contribution in [0, 0.1) is 17.6 Å². The fraction of sp³-hybridized carbons (Fsp3) is 0.208. The number of aromatic hydroxyl groups is 1. The van der Waals surface area contributed by atoms with Gasteiger partial charge in [0.2, 0.25) is 5.91 Å². The highest BCUT2D eigenvalue weighted by atomic mass is 19.1. The number of amides is 1. The van der Waals surface area contributed by atoms with Crippen LogP contribution in [0.2, 0.25) is 0 Å². The lowest BCUT2D eigenvalue weighted by Gasteiger charge is -2.48. The van der Waals surface area contributed by atoms with E-state index < -0.39 is 53.9 Å². The largest absolute Gasteiger partial charge is 0.508 e. The van der Waals surface area contributed by atoms with Gasteiger partial charge in [-0.05, 0) is 72.5 Å². The number of phenolic OH excluding ortho intramolecular Hbond substituents is 1. The Kier molecular flexibility index (Phi) is 4.28. The maximum Gasteiger partial charge on any atom is 0.233 e. The van der Waals surface area contributed by atoms with E-state index in [1.54, 1.807) is 12.1 Å². The molecule has 0 saturated carbocycles. The van der Waals surface area contributed by atoms with Crippen LogP contribution in [0.25, 0.3) is 0 Å². The molecule has 0 bridgehead atoms. The van der Waals surface area contributed by atoms with E-state index in [0.717, 1.165) is 0 Å². The van der Waals surface area contributed by atoms with Crippen LogP contribution in [0.15, 0.2) is 72.7 Å². The van der Waals surface area contributed by atoms with Gasteiger partial charge in [0.15, 0.2) is 0 Å². The molecule has 2 N–H and O–H groups in total. The van der Waals surface area contributed by atoms with Crippen molar-refractivity contribution in [3.63, 3.8) is 0 Å². The standard InChI is InChI=1S/C24H21F2NO3/c25-17-5-1-15(2-6-17)22(29)14-13-21-23(16-3-11-20(28)12-4-16)27(24(21)30)19-9-7-18(26)8-10-19/h1-12,21-23,28-29H,13-14H2/t21-,22+,23-/m1/s1/i1D,2D,5D,6D. The molecule has 3 aromatic carbocycles. The molecule has 1 heterocycles. The maximum absolute atomic E-state index is 13.8. The molecule has 0 aliphatic carbocycles. The molecule has 1 amide bonds. The Morgan fingerprint density at radius 3 is 2.23 bits per heavy atom. The average molecular weight is 413 g/mol. The third-order valence-electron chi connectivity index (χ3n) is 5.25. The van der Waals surface area contributed by atoms with Gasteiger partial charge in [0.05, 0.1) is 23.5 Å². The van der Waals surface area contributed by atoms with Crippen LogP contribution in [0.3, 0.4) is 0 Å². The third-order valence-corrected chi connectivity index (χ3v) is 5.25. The second-order valence-corrected chi connectivity index (χ2v) is 7.15. The number of aliphatic hydroxyl groups is 1. The van der Waals surface area contributed by atoms with Crippen LogP contribution in [-0.4, -0.2) is 16.1 Å². The SMILES string of the molecule is [2H]c1c([2H])c([C@@H](O)CC[C@H]2C(=O)N(c3ccc(F)cc3)[C@@H]2c2ccc(O)cc2)c([2H])c([2H])c1F. The van der Waals surface area contributed by atoms with Gasteiger partial charge < -0.3 is 15.1 Å². The zero-order valence-electron chi connectivity index (χ0n) is 19.8. The van der Waals surface area contributed by atoms with E-state index in [4.69, 9.17) is 5.48 Å². The van der Waals surface area contributed by atoms with Gasteiger partial charge in [-0.3, -0.25) is 4.79 Å². The van der Waals surface area contributed by atoms with E-state index in [1.165, 1.54) is 41.3 Å². The fourth-order valence-corrected chi connectivity index (χ4v) is 3.73. The Balaban J connectivity index is 1.60. The van der Waals surface area contributed by atoms with Crippen molar-refractivity contribution in [1.29, 1.82) is 0 Å². The summed E-state index contributed by atoms with van der Waals surface area (Å²) in [4.78, 5) is 14.5. The minimum absolute atomic E-state index is 0.0503. The van der Waals surface area contributed by atoms with Gasteiger partial charge in [-0.2, -0.15) is 0 Å². The number of hydrogen-bond acceptors (Lipinski definition) is 3. The lowest BCUT2D eigenvalue weighted by Crippen LogP contribution is -2.55. The van der Waals surface area contributed by atoms with Gasteiger partial charge >= 0.3 is 0 Å². The molecule has 3 atom stereocenters. The molecule has 1 aliphatic heterocycles. The molecule has 0 unspecified atom stereocenters. The molecule has 30 heavy (non-hydrogen) atoms. The Labute approximate surface area is 178 Å². The van der Waals surface area contributed by atoms with Gasteiger partial charge in [0.1, 0.15) is 17.4 Å². The predicted octanol–water partition coefficient (Wildman–Crippen LogP) is 4.89. The van der Waals surface area contributed by atoms with Gasteiger partial charge in [-0.15, -0.1) is 0 Å². The van der Waals surface area contributed by atoms with E-state index in [-0.39, 0.29) is 30.1 Å². The highest BCUT2D eigenvalue weighted by Gasteiger charge is 2.48. The van der Waals surface area contributed by atoms with Crippen LogP contribution in [0.5, 0.6) is 5.75 Å². The van der Waals surface area contributed by atoms with Crippen molar-refractivity contribution in [3.8, 4) is 5.75 Å². The summed E-state index contributed by atoms with van der Waals surface area (Å²) >= 11 is 0. The minimum Gasteiger partial charge on any atom is -0.508 e. The van der Waals surface area contributed by atoms with Crippen molar-refractivity contribution >= 4 is 11.6 Å². The maximum atomic E-state index is 13.8. The number of aliphatic hydroxyl groups excluding tert-OH is 1. The average Bonchev–Trinajstić information content (AvgIpc) is 2.82. The van der Waals surface area contributed by atoms with Gasteiger partial charge in [0.25, 0.3) is 0 Å². The first-order valence-corrected chi connectivity index (χ1v) is 9.43. The lowest BCUT2D eigenvalue weighted by molar-refractivity contribution is -0.131. The van der Waals surface area contributed by atoms with Crippen molar-refractivity contribution in [1.82, 2.24) is 0 Å². The van der Waals surface area contributed by atoms with Crippen LogP contribution < -0.4 is 4.90 Å². The summed E-state index contributed by atoms with van der Waals surface area (Å²) in [7, 11) is 0. The Morgan fingerprint density at radius 2 is 1.60 bits per heavy atom. The molecular formula is C24H21F2NO3. The normalized spacial score (nSPS) is 21.3. The molecular weight excluding hydrogens is 388 g/mol. The number of hydrogen-bond donors (Lipinski definition) is 2. The summed E-state index contributed by atoms with van der Waals surface area (Å²) in [6, 6.07) is 8.22. The molecule has 1 fully saturated rings. The first-order chi connectivity index (χ1) is 16.1. The van der Waals surface area contributed by atoms with Crippen LogP contribution in [-0.2, 0) is 4.79 Å². The minimum atomic E-state index is -1.44. The highest BCUT2D eigenvalue weighted by molar-refractivity contribution is 6.03. The van der Waals surface area contributed by atoms with E-state index in [0.29, 0.717) is 11.3 Å². The molecule has 1 saturated heterocycles. The number of carbonyl (C=O) groups excluding carboxylic acids is 1. The number of nitrogens with zero attached hydrogens (tertiary/aromatic N) is 1. The van der Waals surface area contributed by atoms with Crippen LogP contribution >= 0.6 is 0 Å². The molecule has 6 heteroatoms. The summed E-state index contributed by atoms with van der Waals surface area (Å²) < 4.78 is 58.3. The Morgan fingerprint density at radius 1 is 0.967 bits per heavy atom. The van der Waals surface area contributed by atoms with E-state index in [2.05, 4.69) is 0 Å². The molecule has 0 aromatic heterocycles. The van der Waals surface area contributed by atoms with Crippen molar-refractivity contribution in [2.45, 2.75) is 25.0 Å². The summed E-state index contributed by atoms with van der Waals surface area (Å²) in [5.41, 5.74) is 0.881. The summed E-state index contributed by atoms with van der Waals surface area (Å²) in [5.74, 6) is -2.55. The fourth-order valence-electron chi connectivity index (χ4n) is 3.73. The molecule has 1 aliphatic rings. The summed E-state index contributed by atoms with van der Waals surface area (Å²) in [6.07, 6.45) is -1.37. The predicted molar refractivity (Wildman–Crippen MR) is 109 cm³/mol. The number of rotatable bonds is 6. The quantitative estimate of drug-likeness (QED) is 0.566. The molecule has 4 rings (SSSR count). The number of anilines is 1. The van der Waals surface area contributed by atoms with Crippen LogP contribution in [0.4, 0.5) is 14.5 Å². The summed E-state index contributed by atoms with van der Waals surface area (Å²) in [5, 5.41) is 20.3. The number of benzene rings is 3. The zero-order valence-corrected chi connectivity index (χ0v) is 15.8. The van der Waals surface area contributed by atoms with Gasteiger partial charge in [-0.1, -0.05) is 24.2 Å². The molecule has 0 radical (unpaired) electrons. The number of phenols is 1. The van der Waals surface area contributed by atoms with Crippen molar-refractivity contribution in [3.05, 3.63) is 95.5 Å². The van der Waals surface area contributed by atoms with E-state index >= 15 is 0 Å². The molecule has 0 spiro atoms. The van der Waals surface area contributed by atoms with Gasteiger partial charge in [0, 0.05) is 5.69 Å². The molecule has 3 aromatic rings. The molecule has 154 valence electrons. The highest BCUT2D eigenvalue weighted by Crippen LogP contribution is 2.46. The number of halogens is 2. The monoisotopic (exact) mass is 413 g/mol. The van der Waals surface area contributed by atoms with E-state index in [9.17, 15) is 23.8 Å². The number of carbonyl (C=O) groups is 1. The molecule has 4 nitrogen and oxygen atoms in total. The number of β-lactam (4-membered cyclic amide) rings is 1. The van der Waals surface area contributed by atoms with Crippen molar-refractivity contribution in [2.75, 3.05) is 4.90 Å². The van der Waals surface area contributed by atoms with Crippen molar-refractivity contribution in [2.24, 2.45) is 5.92 Å². The zero-order chi connectivity index (χ0) is 24.7. The summed E-state index contributed by atoms with van der Waals surface area (Å²) in [6.45, 7) is 0. The Hall–Kier alpha value is -3.25. The van der Waals surface area contributed by atoms with Gasteiger partial charge in [-0.25, -0.2) is 8.78 Å². The van der Waals surface area contributed by atoms with Crippen molar-refractivity contribution < 1.29 is 29.3 Å². The van der Waals surface area contributed by atoms with Crippen LogP contribution in [0.1, 0.15) is 41.6 Å². The third kappa shape index (κ3) is 3.91. The topological polar surface area (TPSA) is 60.8 Å². The van der Waals surface area contributed by atoms with E-state index in [1.807, 2.05) is 0 Å². The first kappa shape index (κ1) is 15.6. The first-order valence-electron chi connectivity index (χ1n) is 11.4. The Bertz CT molecular complexity index is 1210.